The zero-order valence-corrected chi connectivity index (χ0v) is 15.0. The van der Waals surface area contributed by atoms with Crippen molar-refractivity contribution in [2.75, 3.05) is 17.6 Å². The highest BCUT2D eigenvalue weighted by Crippen LogP contribution is 2.36. The first-order chi connectivity index (χ1) is 11.9. The molecule has 25 heavy (non-hydrogen) atoms. The Morgan fingerprint density at radius 2 is 1.96 bits per heavy atom. The van der Waals surface area contributed by atoms with E-state index >= 15 is 0 Å². The highest BCUT2D eigenvalue weighted by molar-refractivity contribution is 7.99. The quantitative estimate of drug-likeness (QED) is 0.420. The van der Waals surface area contributed by atoms with Crippen molar-refractivity contribution in [3.05, 3.63) is 42.2 Å². The van der Waals surface area contributed by atoms with E-state index in [1.54, 1.807) is 0 Å². The Labute approximate surface area is 148 Å². The smallest absolute Gasteiger partial charge is 0.326 e. The number of aryl methyl sites for hydroxylation is 2. The molecule has 2 heterocycles. The average molecular weight is 379 g/mol. The maximum absolute atomic E-state index is 11.1. The molecule has 3 rings (SSSR count). The molecule has 0 aliphatic heterocycles. The predicted octanol–water partition coefficient (Wildman–Crippen LogP) is 1.92. The Morgan fingerprint density at radius 3 is 2.68 bits per heavy atom. The van der Waals surface area contributed by atoms with Crippen LogP contribution >= 0.6 is 19.4 Å². The molecule has 0 bridgehead atoms. The Kier molecular flexibility index (Phi) is 5.39. The van der Waals surface area contributed by atoms with Crippen LogP contribution in [0.3, 0.4) is 0 Å². The maximum atomic E-state index is 11.1. The van der Waals surface area contributed by atoms with E-state index in [-0.39, 0.29) is 11.9 Å². The molecule has 4 N–H and O–H groups in total. The van der Waals surface area contributed by atoms with Crippen LogP contribution in [-0.4, -0.2) is 41.2 Å². The van der Waals surface area contributed by atoms with Crippen molar-refractivity contribution >= 4 is 36.3 Å². The lowest BCUT2D eigenvalue weighted by atomic mass is 10.1. The van der Waals surface area contributed by atoms with E-state index in [9.17, 15) is 4.57 Å². The molecule has 0 radical (unpaired) electrons. The van der Waals surface area contributed by atoms with Crippen molar-refractivity contribution in [2.24, 2.45) is 0 Å². The van der Waals surface area contributed by atoms with Gasteiger partial charge >= 0.3 is 7.60 Å². The van der Waals surface area contributed by atoms with Crippen LogP contribution < -0.4 is 5.73 Å². The third kappa shape index (κ3) is 4.58. The van der Waals surface area contributed by atoms with Gasteiger partial charge in [-0.25, -0.2) is 15.0 Å². The fraction of sp³-hybridized carbons (Fsp3) is 0.267. The number of hydrogen-bond acceptors (Lipinski definition) is 6. The van der Waals surface area contributed by atoms with Crippen LogP contribution in [0.4, 0.5) is 5.82 Å². The number of benzene rings is 1. The van der Waals surface area contributed by atoms with Gasteiger partial charge in [0.25, 0.3) is 0 Å². The van der Waals surface area contributed by atoms with Crippen LogP contribution in [0.2, 0.25) is 0 Å². The zero-order valence-electron chi connectivity index (χ0n) is 13.3. The van der Waals surface area contributed by atoms with Crippen molar-refractivity contribution in [2.45, 2.75) is 18.1 Å². The average Bonchev–Trinajstić information content (AvgIpc) is 2.92. The minimum atomic E-state index is -4.04. The summed E-state index contributed by atoms with van der Waals surface area (Å²) in [6.45, 7) is 0.634. The predicted molar refractivity (Wildman–Crippen MR) is 97.5 cm³/mol. The number of aromatic nitrogens is 4. The molecule has 8 nitrogen and oxygen atoms in total. The van der Waals surface area contributed by atoms with E-state index in [1.807, 2.05) is 34.9 Å². The molecular formula is C15H18N5O3PS. The molecule has 0 unspecified atom stereocenters. The van der Waals surface area contributed by atoms with Gasteiger partial charge in [-0.3, -0.25) is 4.57 Å². The van der Waals surface area contributed by atoms with Crippen LogP contribution in [0.1, 0.15) is 5.56 Å². The molecule has 3 aromatic rings. The van der Waals surface area contributed by atoms with Crippen LogP contribution in [0.15, 0.2) is 41.8 Å². The second-order valence-corrected chi connectivity index (χ2v) is 8.29. The summed E-state index contributed by atoms with van der Waals surface area (Å²) in [6, 6.07) is 10.0. The van der Waals surface area contributed by atoms with Crippen molar-refractivity contribution in [3.63, 3.8) is 0 Å². The topological polar surface area (TPSA) is 127 Å². The van der Waals surface area contributed by atoms with Gasteiger partial charge < -0.3 is 20.1 Å². The lowest BCUT2D eigenvalue weighted by molar-refractivity contribution is 0.375. The largest absolute Gasteiger partial charge is 0.382 e. The van der Waals surface area contributed by atoms with E-state index in [1.165, 1.54) is 23.7 Å². The number of thioether (sulfide) groups is 1. The first-order valence-electron chi connectivity index (χ1n) is 7.62. The maximum Gasteiger partial charge on any atom is 0.326 e. The third-order valence-electron chi connectivity index (χ3n) is 3.61. The molecule has 0 aliphatic carbocycles. The zero-order chi connectivity index (χ0) is 17.9. The molecule has 0 amide bonds. The fourth-order valence-corrected chi connectivity index (χ4v) is 4.38. The summed E-state index contributed by atoms with van der Waals surface area (Å²) < 4.78 is 13.0. The van der Waals surface area contributed by atoms with Crippen LogP contribution in [0, 0.1) is 0 Å². The lowest BCUT2D eigenvalue weighted by Gasteiger charge is -2.09. The van der Waals surface area contributed by atoms with Gasteiger partial charge in [-0.05, 0) is 12.0 Å². The molecule has 10 heteroatoms. The number of imidazole rings is 1. The second-order valence-electron chi connectivity index (χ2n) is 5.45. The highest BCUT2D eigenvalue weighted by Gasteiger charge is 2.17. The van der Waals surface area contributed by atoms with E-state index < -0.39 is 7.60 Å². The Hall–Kier alpha value is -1.93. The molecule has 0 saturated carbocycles. The van der Waals surface area contributed by atoms with E-state index in [0.29, 0.717) is 28.7 Å². The fourth-order valence-electron chi connectivity index (χ4n) is 2.39. The lowest BCUT2D eigenvalue weighted by Crippen LogP contribution is -2.05. The van der Waals surface area contributed by atoms with Gasteiger partial charge in [-0.1, -0.05) is 42.1 Å². The standard InChI is InChI=1S/C15H18N5O3PS/c16-13-12-14(18-10-17-13)20(7-6-11-4-2-1-3-5-11)15(19-12)25-9-8-24(21,22)23/h1-5,10H,6-9H2,(H2,16,17,18)(H2,21,22,23). The van der Waals surface area contributed by atoms with Gasteiger partial charge in [0, 0.05) is 12.3 Å². The number of fused-ring (bicyclic) bond motifs is 1. The van der Waals surface area contributed by atoms with Crippen LogP contribution in [-0.2, 0) is 17.5 Å². The van der Waals surface area contributed by atoms with Gasteiger partial charge in [0.05, 0.1) is 6.16 Å². The molecule has 1 aromatic carbocycles. The molecule has 0 fully saturated rings. The Bertz CT molecular complexity index is 912. The normalized spacial score (nSPS) is 11.9. The molecule has 0 saturated heterocycles. The SMILES string of the molecule is Nc1ncnc2c1nc(SCCP(=O)(O)O)n2CCc1ccccc1. The van der Waals surface area contributed by atoms with Crippen molar-refractivity contribution < 1.29 is 14.4 Å². The van der Waals surface area contributed by atoms with Gasteiger partial charge in [-0.15, -0.1) is 0 Å². The summed E-state index contributed by atoms with van der Waals surface area (Å²) in [7, 11) is -4.04. The summed E-state index contributed by atoms with van der Waals surface area (Å²) >= 11 is 1.28. The molecule has 0 atom stereocenters. The summed E-state index contributed by atoms with van der Waals surface area (Å²) in [5.74, 6) is 0.548. The number of rotatable bonds is 7. The van der Waals surface area contributed by atoms with Crippen LogP contribution in [0.25, 0.3) is 11.2 Å². The highest BCUT2D eigenvalue weighted by atomic mass is 32.2. The number of hydrogen-bond donors (Lipinski definition) is 3. The van der Waals surface area contributed by atoms with E-state index in [4.69, 9.17) is 15.5 Å². The third-order valence-corrected chi connectivity index (χ3v) is 5.69. The molecule has 132 valence electrons. The van der Waals surface area contributed by atoms with Crippen molar-refractivity contribution in [1.29, 1.82) is 0 Å². The van der Waals surface area contributed by atoms with Gasteiger partial charge in [-0.2, -0.15) is 0 Å². The van der Waals surface area contributed by atoms with Crippen molar-refractivity contribution in [3.8, 4) is 0 Å². The number of nitrogens with zero attached hydrogens (tertiary/aromatic N) is 4. The molecule has 0 spiro atoms. The summed E-state index contributed by atoms with van der Waals surface area (Å²) in [6.07, 6.45) is 1.96. The number of nitrogens with two attached hydrogens (primary N) is 1. The summed E-state index contributed by atoms with van der Waals surface area (Å²) in [4.78, 5) is 30.8. The molecule has 2 aromatic heterocycles. The molecule has 0 aliphatic rings. The van der Waals surface area contributed by atoms with E-state index in [0.717, 1.165) is 6.42 Å². The first kappa shape index (κ1) is 17.9. The number of anilines is 1. The Balaban J connectivity index is 1.86. The Morgan fingerprint density at radius 1 is 1.20 bits per heavy atom. The minimum absolute atomic E-state index is 0.208. The van der Waals surface area contributed by atoms with Crippen molar-refractivity contribution in [1.82, 2.24) is 19.5 Å². The minimum Gasteiger partial charge on any atom is -0.382 e. The van der Waals surface area contributed by atoms with E-state index in [2.05, 4.69) is 15.0 Å². The monoisotopic (exact) mass is 379 g/mol. The summed E-state index contributed by atoms with van der Waals surface area (Å²) in [5, 5.41) is 0.631. The number of nitrogen functional groups attached to an aromatic ring is 1. The van der Waals surface area contributed by atoms with Gasteiger partial charge in [0.15, 0.2) is 22.1 Å². The summed E-state index contributed by atoms with van der Waals surface area (Å²) in [5.41, 5.74) is 8.20. The van der Waals surface area contributed by atoms with Crippen LogP contribution in [0.5, 0.6) is 0 Å². The molecular weight excluding hydrogens is 361 g/mol. The second kappa shape index (κ2) is 7.53. The van der Waals surface area contributed by atoms with Gasteiger partial charge in [0.2, 0.25) is 0 Å². The van der Waals surface area contributed by atoms with Gasteiger partial charge in [0.1, 0.15) is 6.33 Å². The first-order valence-corrected chi connectivity index (χ1v) is 10.4.